The molecule has 1 aromatic rings. The summed E-state index contributed by atoms with van der Waals surface area (Å²) in [5, 5.41) is 0. The SMILES string of the molecule is Cc1nc(N(C)C)ncc1CN. The van der Waals surface area contributed by atoms with E-state index in [4.69, 9.17) is 5.73 Å². The highest BCUT2D eigenvalue weighted by Crippen LogP contribution is 2.07. The molecule has 0 atom stereocenters. The number of anilines is 1. The zero-order valence-corrected chi connectivity index (χ0v) is 7.70. The van der Waals surface area contributed by atoms with E-state index in [1.807, 2.05) is 25.9 Å². The van der Waals surface area contributed by atoms with Gasteiger partial charge in [0.2, 0.25) is 5.95 Å². The second-order valence-corrected chi connectivity index (χ2v) is 2.88. The van der Waals surface area contributed by atoms with E-state index in [0.717, 1.165) is 17.2 Å². The van der Waals surface area contributed by atoms with Crippen molar-refractivity contribution in [3.63, 3.8) is 0 Å². The van der Waals surface area contributed by atoms with Gasteiger partial charge in [0, 0.05) is 38.1 Å². The van der Waals surface area contributed by atoms with E-state index in [9.17, 15) is 0 Å². The van der Waals surface area contributed by atoms with Crippen LogP contribution >= 0.6 is 0 Å². The summed E-state index contributed by atoms with van der Waals surface area (Å²) >= 11 is 0. The van der Waals surface area contributed by atoms with E-state index < -0.39 is 0 Å². The van der Waals surface area contributed by atoms with Gasteiger partial charge in [0.15, 0.2) is 0 Å². The van der Waals surface area contributed by atoms with E-state index in [0.29, 0.717) is 6.54 Å². The van der Waals surface area contributed by atoms with E-state index in [2.05, 4.69) is 9.97 Å². The molecule has 0 aliphatic carbocycles. The Morgan fingerprint density at radius 2 is 2.17 bits per heavy atom. The van der Waals surface area contributed by atoms with Gasteiger partial charge in [0.1, 0.15) is 0 Å². The Morgan fingerprint density at radius 3 is 2.58 bits per heavy atom. The summed E-state index contributed by atoms with van der Waals surface area (Å²) in [7, 11) is 3.83. The summed E-state index contributed by atoms with van der Waals surface area (Å²) in [6.07, 6.45) is 1.78. The van der Waals surface area contributed by atoms with Crippen LogP contribution in [0, 0.1) is 6.92 Å². The number of aromatic nitrogens is 2. The lowest BCUT2D eigenvalue weighted by molar-refractivity contribution is 0.926. The number of rotatable bonds is 2. The fourth-order valence-corrected chi connectivity index (χ4v) is 0.896. The standard InChI is InChI=1S/C8H14N4/c1-6-7(4-9)5-10-8(11-6)12(2)3/h5H,4,9H2,1-3H3. The van der Waals surface area contributed by atoms with Crippen molar-refractivity contribution in [2.45, 2.75) is 13.5 Å². The van der Waals surface area contributed by atoms with Crippen LogP contribution in [0.25, 0.3) is 0 Å². The zero-order valence-electron chi connectivity index (χ0n) is 7.70. The smallest absolute Gasteiger partial charge is 0.224 e. The van der Waals surface area contributed by atoms with Crippen molar-refractivity contribution in [1.29, 1.82) is 0 Å². The van der Waals surface area contributed by atoms with Crippen molar-refractivity contribution in [2.24, 2.45) is 5.73 Å². The number of nitrogens with two attached hydrogens (primary N) is 1. The van der Waals surface area contributed by atoms with E-state index in [1.54, 1.807) is 6.20 Å². The van der Waals surface area contributed by atoms with Crippen molar-refractivity contribution < 1.29 is 0 Å². The first kappa shape index (κ1) is 8.93. The van der Waals surface area contributed by atoms with Crippen LogP contribution in [0.15, 0.2) is 6.20 Å². The molecule has 0 bridgehead atoms. The first-order valence-electron chi connectivity index (χ1n) is 3.85. The topological polar surface area (TPSA) is 55.0 Å². The molecule has 12 heavy (non-hydrogen) atoms. The maximum Gasteiger partial charge on any atom is 0.224 e. The molecule has 0 spiro atoms. The number of hydrogen-bond donors (Lipinski definition) is 1. The minimum atomic E-state index is 0.500. The molecule has 0 saturated carbocycles. The minimum Gasteiger partial charge on any atom is -0.347 e. The van der Waals surface area contributed by atoms with Crippen LogP contribution in [0.1, 0.15) is 11.3 Å². The lowest BCUT2D eigenvalue weighted by Crippen LogP contribution is -2.14. The van der Waals surface area contributed by atoms with Gasteiger partial charge in [-0.3, -0.25) is 0 Å². The molecule has 1 rings (SSSR count). The Bertz CT molecular complexity index is 270. The molecule has 66 valence electrons. The summed E-state index contributed by atoms with van der Waals surface area (Å²) in [5.41, 5.74) is 7.44. The molecule has 4 nitrogen and oxygen atoms in total. The summed E-state index contributed by atoms with van der Waals surface area (Å²) in [6, 6.07) is 0. The highest BCUT2D eigenvalue weighted by Gasteiger charge is 2.02. The lowest BCUT2D eigenvalue weighted by Gasteiger charge is -2.11. The monoisotopic (exact) mass is 166 g/mol. The van der Waals surface area contributed by atoms with Crippen molar-refractivity contribution in [2.75, 3.05) is 19.0 Å². The fourth-order valence-electron chi connectivity index (χ4n) is 0.896. The predicted molar refractivity (Wildman–Crippen MR) is 49.0 cm³/mol. The van der Waals surface area contributed by atoms with Crippen LogP contribution in [0.2, 0.25) is 0 Å². The highest BCUT2D eigenvalue weighted by atomic mass is 15.2. The summed E-state index contributed by atoms with van der Waals surface area (Å²) < 4.78 is 0. The first-order chi connectivity index (χ1) is 5.65. The van der Waals surface area contributed by atoms with Gasteiger partial charge in [-0.2, -0.15) is 0 Å². The summed E-state index contributed by atoms with van der Waals surface area (Å²) in [4.78, 5) is 10.3. The van der Waals surface area contributed by atoms with Gasteiger partial charge in [0.25, 0.3) is 0 Å². The number of nitrogens with zero attached hydrogens (tertiary/aromatic N) is 3. The van der Waals surface area contributed by atoms with Crippen molar-refractivity contribution >= 4 is 5.95 Å². The van der Waals surface area contributed by atoms with Crippen LogP contribution in [-0.4, -0.2) is 24.1 Å². The van der Waals surface area contributed by atoms with Crippen LogP contribution in [-0.2, 0) is 6.54 Å². The Morgan fingerprint density at radius 1 is 1.50 bits per heavy atom. The van der Waals surface area contributed by atoms with Gasteiger partial charge in [-0.05, 0) is 6.92 Å². The van der Waals surface area contributed by atoms with Gasteiger partial charge in [-0.1, -0.05) is 0 Å². The zero-order chi connectivity index (χ0) is 9.14. The fraction of sp³-hybridized carbons (Fsp3) is 0.500. The van der Waals surface area contributed by atoms with Gasteiger partial charge in [-0.25, -0.2) is 9.97 Å². The lowest BCUT2D eigenvalue weighted by atomic mass is 10.2. The molecule has 0 aliphatic rings. The summed E-state index contributed by atoms with van der Waals surface area (Å²) in [5.74, 6) is 0.727. The third-order valence-electron chi connectivity index (χ3n) is 1.69. The Labute approximate surface area is 72.4 Å². The minimum absolute atomic E-state index is 0.500. The van der Waals surface area contributed by atoms with Crippen LogP contribution < -0.4 is 10.6 Å². The number of aryl methyl sites for hydroxylation is 1. The Balaban J connectivity index is 3.02. The van der Waals surface area contributed by atoms with Crippen LogP contribution in [0.5, 0.6) is 0 Å². The second kappa shape index (κ2) is 3.49. The van der Waals surface area contributed by atoms with E-state index >= 15 is 0 Å². The molecule has 4 heteroatoms. The van der Waals surface area contributed by atoms with Crippen molar-refractivity contribution in [3.05, 3.63) is 17.5 Å². The van der Waals surface area contributed by atoms with Gasteiger partial charge in [0.05, 0.1) is 0 Å². The largest absolute Gasteiger partial charge is 0.347 e. The van der Waals surface area contributed by atoms with E-state index in [-0.39, 0.29) is 0 Å². The van der Waals surface area contributed by atoms with Crippen molar-refractivity contribution in [3.8, 4) is 0 Å². The highest BCUT2D eigenvalue weighted by molar-refractivity contribution is 5.30. The van der Waals surface area contributed by atoms with Crippen LogP contribution in [0.4, 0.5) is 5.95 Å². The number of hydrogen-bond acceptors (Lipinski definition) is 4. The molecule has 0 amide bonds. The molecule has 1 heterocycles. The molecule has 0 aliphatic heterocycles. The molecule has 2 N–H and O–H groups in total. The molecule has 0 aromatic carbocycles. The molecular weight excluding hydrogens is 152 g/mol. The first-order valence-corrected chi connectivity index (χ1v) is 3.85. The molecule has 0 fully saturated rings. The van der Waals surface area contributed by atoms with Crippen molar-refractivity contribution in [1.82, 2.24) is 9.97 Å². The predicted octanol–water partition coefficient (Wildman–Crippen LogP) is 0.310. The van der Waals surface area contributed by atoms with E-state index in [1.165, 1.54) is 0 Å². The Kier molecular flexibility index (Phi) is 2.60. The third-order valence-corrected chi connectivity index (χ3v) is 1.69. The molecular formula is C8H14N4. The summed E-state index contributed by atoms with van der Waals surface area (Å²) in [6.45, 7) is 2.44. The third kappa shape index (κ3) is 1.71. The molecule has 0 unspecified atom stereocenters. The maximum absolute atomic E-state index is 5.48. The average molecular weight is 166 g/mol. The van der Waals surface area contributed by atoms with Crippen LogP contribution in [0.3, 0.4) is 0 Å². The normalized spacial score (nSPS) is 10.0. The molecule has 0 radical (unpaired) electrons. The molecule has 0 saturated heterocycles. The average Bonchev–Trinajstić information content (AvgIpc) is 2.04. The van der Waals surface area contributed by atoms with Gasteiger partial charge >= 0.3 is 0 Å². The molecule has 1 aromatic heterocycles. The van der Waals surface area contributed by atoms with Gasteiger partial charge in [-0.15, -0.1) is 0 Å². The maximum atomic E-state index is 5.48. The Hall–Kier alpha value is -1.16. The quantitative estimate of drug-likeness (QED) is 0.687. The van der Waals surface area contributed by atoms with Gasteiger partial charge < -0.3 is 10.6 Å². The second-order valence-electron chi connectivity index (χ2n) is 2.88.